The molecule has 6 heteroatoms. The van der Waals surface area contributed by atoms with Crippen LogP contribution in [-0.2, 0) is 0 Å². The monoisotopic (exact) mass is 225 g/mol. The number of carbonyl (C=O) groups excluding carboxylic acids is 1. The Labute approximate surface area is 93.3 Å². The van der Waals surface area contributed by atoms with Crippen molar-refractivity contribution in [3.63, 3.8) is 0 Å². The average molecular weight is 225 g/mol. The van der Waals surface area contributed by atoms with Crippen molar-refractivity contribution in [1.82, 2.24) is 4.98 Å². The van der Waals surface area contributed by atoms with Crippen molar-refractivity contribution >= 4 is 11.7 Å². The lowest BCUT2D eigenvalue weighted by Crippen LogP contribution is -2.30. The topological polar surface area (TPSA) is 99.7 Å². The summed E-state index contributed by atoms with van der Waals surface area (Å²) in [5, 5.41) is 17.7. The molecule has 6 nitrogen and oxygen atoms in total. The van der Waals surface area contributed by atoms with Gasteiger partial charge in [-0.05, 0) is 12.1 Å². The number of pyridine rings is 1. The lowest BCUT2D eigenvalue weighted by molar-refractivity contribution is 0.1000. The maximum Gasteiger partial charge on any atom is 0.250 e. The summed E-state index contributed by atoms with van der Waals surface area (Å²) in [6.07, 6.45) is 1.37. The van der Waals surface area contributed by atoms with Gasteiger partial charge in [0.1, 0.15) is 5.82 Å². The largest absolute Gasteiger partial charge is 0.395 e. The van der Waals surface area contributed by atoms with E-state index in [1.54, 1.807) is 17.0 Å². The molecule has 0 aliphatic heterocycles. The molecular weight excluding hydrogens is 210 g/mol. The van der Waals surface area contributed by atoms with Crippen molar-refractivity contribution in [2.24, 2.45) is 5.73 Å². The molecule has 1 heterocycles. The number of anilines is 1. The summed E-state index contributed by atoms with van der Waals surface area (Å²) in [5.41, 5.74) is 5.42. The molecule has 0 aliphatic rings. The van der Waals surface area contributed by atoms with Gasteiger partial charge >= 0.3 is 0 Å². The predicted octanol–water partition coefficient (Wildman–Crippen LogP) is -1.03. The maximum atomic E-state index is 10.8. The molecule has 88 valence electrons. The Morgan fingerprint density at radius 2 is 1.94 bits per heavy atom. The lowest BCUT2D eigenvalue weighted by Gasteiger charge is -2.21. The number of nitrogens with two attached hydrogens (primary N) is 1. The van der Waals surface area contributed by atoms with Gasteiger partial charge in [-0.1, -0.05) is 0 Å². The highest BCUT2D eigenvalue weighted by Gasteiger charge is 2.07. The third kappa shape index (κ3) is 3.18. The van der Waals surface area contributed by atoms with E-state index in [0.29, 0.717) is 24.5 Å². The number of primary amides is 1. The van der Waals surface area contributed by atoms with Gasteiger partial charge in [-0.25, -0.2) is 4.98 Å². The first-order valence-electron chi connectivity index (χ1n) is 4.91. The molecule has 1 rings (SSSR count). The fourth-order valence-electron chi connectivity index (χ4n) is 1.30. The maximum absolute atomic E-state index is 10.8. The van der Waals surface area contributed by atoms with Crippen LogP contribution in [0.25, 0.3) is 0 Å². The molecule has 16 heavy (non-hydrogen) atoms. The first-order chi connectivity index (χ1) is 7.69. The van der Waals surface area contributed by atoms with Crippen molar-refractivity contribution in [3.8, 4) is 0 Å². The Balaban J connectivity index is 2.80. The fraction of sp³-hybridized carbons (Fsp3) is 0.400. The normalized spacial score (nSPS) is 10.1. The van der Waals surface area contributed by atoms with Crippen LogP contribution in [0.5, 0.6) is 0 Å². The van der Waals surface area contributed by atoms with Gasteiger partial charge in [0.25, 0.3) is 0 Å². The van der Waals surface area contributed by atoms with E-state index >= 15 is 0 Å². The number of hydrogen-bond donors (Lipinski definition) is 3. The summed E-state index contributed by atoms with van der Waals surface area (Å²) < 4.78 is 0. The number of amides is 1. The second kappa shape index (κ2) is 6.04. The molecule has 1 aromatic rings. The summed E-state index contributed by atoms with van der Waals surface area (Å²) >= 11 is 0. The number of aliphatic hydroxyl groups is 2. The second-order valence-corrected chi connectivity index (χ2v) is 3.20. The summed E-state index contributed by atoms with van der Waals surface area (Å²) in [7, 11) is 0. The summed E-state index contributed by atoms with van der Waals surface area (Å²) in [5.74, 6) is 0.0583. The third-order valence-corrected chi connectivity index (χ3v) is 2.10. The quantitative estimate of drug-likeness (QED) is 0.575. The smallest absolute Gasteiger partial charge is 0.250 e. The molecule has 0 aromatic carbocycles. The van der Waals surface area contributed by atoms with Crippen molar-refractivity contribution in [1.29, 1.82) is 0 Å². The number of aromatic nitrogens is 1. The van der Waals surface area contributed by atoms with Crippen LogP contribution < -0.4 is 10.6 Å². The Morgan fingerprint density at radius 1 is 1.31 bits per heavy atom. The molecule has 0 aliphatic carbocycles. The molecule has 0 bridgehead atoms. The third-order valence-electron chi connectivity index (χ3n) is 2.10. The predicted molar refractivity (Wildman–Crippen MR) is 59.1 cm³/mol. The molecule has 0 saturated heterocycles. The van der Waals surface area contributed by atoms with E-state index in [9.17, 15) is 4.79 Å². The van der Waals surface area contributed by atoms with E-state index in [1.165, 1.54) is 6.20 Å². The molecular formula is C10H15N3O3. The van der Waals surface area contributed by atoms with E-state index in [0.717, 1.165) is 0 Å². The molecule has 0 radical (unpaired) electrons. The summed E-state index contributed by atoms with van der Waals surface area (Å²) in [6, 6.07) is 3.19. The minimum absolute atomic E-state index is 0.0285. The zero-order valence-electron chi connectivity index (χ0n) is 8.83. The van der Waals surface area contributed by atoms with Gasteiger partial charge in [-0.15, -0.1) is 0 Å². The van der Waals surface area contributed by atoms with Crippen LogP contribution in [0, 0.1) is 0 Å². The lowest BCUT2D eigenvalue weighted by atomic mass is 10.2. The van der Waals surface area contributed by atoms with Crippen molar-refractivity contribution < 1.29 is 15.0 Å². The summed E-state index contributed by atoms with van der Waals surface area (Å²) in [4.78, 5) is 16.6. The molecule has 0 spiro atoms. The highest BCUT2D eigenvalue weighted by Crippen LogP contribution is 2.10. The van der Waals surface area contributed by atoms with Gasteiger partial charge in [0, 0.05) is 19.3 Å². The zero-order chi connectivity index (χ0) is 12.0. The fourth-order valence-corrected chi connectivity index (χ4v) is 1.30. The standard InChI is InChI=1S/C10H15N3O3/c11-10(16)8-1-2-9(12-7-8)13(3-5-14)4-6-15/h1-2,7,14-15H,3-6H2,(H2,11,16). The van der Waals surface area contributed by atoms with Gasteiger partial charge in [-0.2, -0.15) is 0 Å². The van der Waals surface area contributed by atoms with E-state index in [2.05, 4.69) is 4.98 Å². The zero-order valence-corrected chi connectivity index (χ0v) is 8.83. The minimum Gasteiger partial charge on any atom is -0.395 e. The molecule has 0 unspecified atom stereocenters. The van der Waals surface area contributed by atoms with Crippen LogP contribution in [0.15, 0.2) is 18.3 Å². The first-order valence-corrected chi connectivity index (χ1v) is 4.91. The minimum atomic E-state index is -0.532. The van der Waals surface area contributed by atoms with Crippen LogP contribution in [0.2, 0.25) is 0 Å². The number of rotatable bonds is 6. The number of hydrogen-bond acceptors (Lipinski definition) is 5. The van der Waals surface area contributed by atoms with Crippen LogP contribution in [0.3, 0.4) is 0 Å². The number of nitrogens with zero attached hydrogens (tertiary/aromatic N) is 2. The van der Waals surface area contributed by atoms with Crippen LogP contribution in [-0.4, -0.2) is 47.4 Å². The highest BCUT2D eigenvalue weighted by molar-refractivity contribution is 5.92. The Hall–Kier alpha value is -1.66. The van der Waals surface area contributed by atoms with Gasteiger partial charge in [0.15, 0.2) is 0 Å². The van der Waals surface area contributed by atoms with Crippen molar-refractivity contribution in [3.05, 3.63) is 23.9 Å². The van der Waals surface area contributed by atoms with E-state index in [-0.39, 0.29) is 13.2 Å². The van der Waals surface area contributed by atoms with E-state index in [1.807, 2.05) is 0 Å². The van der Waals surface area contributed by atoms with Crippen LogP contribution >= 0.6 is 0 Å². The molecule has 1 aromatic heterocycles. The van der Waals surface area contributed by atoms with E-state index in [4.69, 9.17) is 15.9 Å². The molecule has 0 saturated carbocycles. The second-order valence-electron chi connectivity index (χ2n) is 3.20. The molecule has 0 atom stereocenters. The number of carbonyl (C=O) groups is 1. The Morgan fingerprint density at radius 3 is 2.31 bits per heavy atom. The van der Waals surface area contributed by atoms with E-state index < -0.39 is 5.91 Å². The van der Waals surface area contributed by atoms with Gasteiger partial charge in [-0.3, -0.25) is 4.79 Å². The van der Waals surface area contributed by atoms with Gasteiger partial charge in [0.2, 0.25) is 5.91 Å². The molecule has 4 N–H and O–H groups in total. The van der Waals surface area contributed by atoms with Crippen LogP contribution in [0.1, 0.15) is 10.4 Å². The number of aliphatic hydroxyl groups excluding tert-OH is 2. The highest BCUT2D eigenvalue weighted by atomic mass is 16.3. The summed E-state index contributed by atoms with van der Waals surface area (Å²) in [6.45, 7) is 0.700. The van der Waals surface area contributed by atoms with Crippen LogP contribution in [0.4, 0.5) is 5.82 Å². The Kier molecular flexibility index (Phi) is 4.68. The Bertz CT molecular complexity index is 334. The van der Waals surface area contributed by atoms with Gasteiger partial charge < -0.3 is 20.8 Å². The van der Waals surface area contributed by atoms with Crippen molar-refractivity contribution in [2.45, 2.75) is 0 Å². The average Bonchev–Trinajstić information content (AvgIpc) is 2.29. The molecule has 0 fully saturated rings. The van der Waals surface area contributed by atoms with Gasteiger partial charge in [0.05, 0.1) is 18.8 Å². The first kappa shape index (κ1) is 12.4. The molecule has 1 amide bonds. The van der Waals surface area contributed by atoms with Crippen molar-refractivity contribution in [2.75, 3.05) is 31.2 Å². The SMILES string of the molecule is NC(=O)c1ccc(N(CCO)CCO)nc1.